The number of likely N-dealkylation sites (N-methyl/N-ethyl adjacent to an activating group) is 1. The van der Waals surface area contributed by atoms with Gasteiger partial charge in [-0.2, -0.15) is 0 Å². The van der Waals surface area contributed by atoms with E-state index >= 15 is 0 Å². The van der Waals surface area contributed by atoms with Crippen LogP contribution in [-0.2, 0) is 11.3 Å². The van der Waals surface area contributed by atoms with Crippen LogP contribution in [0.25, 0.3) is 0 Å². The molecule has 0 aliphatic carbocycles. The molecule has 1 atom stereocenters. The smallest absolute Gasteiger partial charge is 0.263 e. The minimum atomic E-state index is -0.457. The molecule has 1 amide bonds. The predicted molar refractivity (Wildman–Crippen MR) is 98.3 cm³/mol. The second-order valence-corrected chi connectivity index (χ2v) is 6.46. The van der Waals surface area contributed by atoms with Gasteiger partial charge < -0.3 is 9.64 Å². The van der Waals surface area contributed by atoms with Crippen molar-refractivity contribution in [1.82, 2.24) is 4.90 Å². The second kappa shape index (κ2) is 8.00. The van der Waals surface area contributed by atoms with Crippen molar-refractivity contribution >= 4 is 5.91 Å². The zero-order chi connectivity index (χ0) is 17.7. The maximum atomic E-state index is 12.7. The van der Waals surface area contributed by atoms with E-state index in [1.807, 2.05) is 40.0 Å². The summed E-state index contributed by atoms with van der Waals surface area (Å²) in [6.45, 7) is 8.66. The normalized spacial score (nSPS) is 11.9. The highest BCUT2D eigenvalue weighted by Gasteiger charge is 2.23. The number of carbonyl (C=O) groups excluding carboxylic acids is 1. The fourth-order valence-corrected chi connectivity index (χ4v) is 2.59. The van der Waals surface area contributed by atoms with Gasteiger partial charge in [0.1, 0.15) is 5.75 Å². The molecule has 0 spiro atoms. The number of rotatable bonds is 6. The van der Waals surface area contributed by atoms with Crippen LogP contribution in [0.15, 0.2) is 42.5 Å². The Balaban J connectivity index is 2.07. The van der Waals surface area contributed by atoms with Crippen LogP contribution in [0, 0.1) is 20.8 Å². The van der Waals surface area contributed by atoms with E-state index in [0.29, 0.717) is 13.0 Å². The molecule has 0 aromatic heterocycles. The van der Waals surface area contributed by atoms with Crippen LogP contribution in [0.5, 0.6) is 5.75 Å². The van der Waals surface area contributed by atoms with E-state index in [1.54, 1.807) is 4.90 Å². The Kier molecular flexibility index (Phi) is 6.02. The molecule has 3 heteroatoms. The summed E-state index contributed by atoms with van der Waals surface area (Å²) < 4.78 is 6.02. The molecule has 0 radical (unpaired) electrons. The number of nitrogens with zero attached hydrogens (tertiary/aromatic N) is 1. The molecule has 0 N–H and O–H groups in total. The molecule has 2 aromatic rings. The van der Waals surface area contributed by atoms with Gasteiger partial charge in [0.25, 0.3) is 5.91 Å². The Morgan fingerprint density at radius 1 is 1.04 bits per heavy atom. The van der Waals surface area contributed by atoms with Crippen LogP contribution in [0.2, 0.25) is 0 Å². The molecular formula is C21H27NO2. The third-order valence-electron chi connectivity index (χ3n) is 4.18. The lowest BCUT2D eigenvalue weighted by atomic mass is 10.1. The Morgan fingerprint density at radius 2 is 1.67 bits per heavy atom. The fourth-order valence-electron chi connectivity index (χ4n) is 2.59. The highest BCUT2D eigenvalue weighted by atomic mass is 16.5. The first-order chi connectivity index (χ1) is 11.4. The zero-order valence-corrected chi connectivity index (χ0v) is 15.3. The summed E-state index contributed by atoms with van der Waals surface area (Å²) in [4.78, 5) is 14.5. The highest BCUT2D eigenvalue weighted by molar-refractivity contribution is 5.81. The maximum Gasteiger partial charge on any atom is 0.263 e. The van der Waals surface area contributed by atoms with Crippen molar-refractivity contribution in [3.63, 3.8) is 0 Å². The molecule has 3 nitrogen and oxygen atoms in total. The molecule has 24 heavy (non-hydrogen) atoms. The minimum Gasteiger partial charge on any atom is -0.480 e. The van der Waals surface area contributed by atoms with Crippen molar-refractivity contribution in [2.75, 3.05) is 7.05 Å². The highest BCUT2D eigenvalue weighted by Crippen LogP contribution is 2.22. The number of carbonyl (C=O) groups is 1. The molecule has 0 aliphatic heterocycles. The van der Waals surface area contributed by atoms with E-state index in [1.165, 1.54) is 5.56 Å². The van der Waals surface area contributed by atoms with Gasteiger partial charge in [-0.15, -0.1) is 0 Å². The molecule has 2 rings (SSSR count). The summed E-state index contributed by atoms with van der Waals surface area (Å²) in [5.74, 6) is 0.804. The van der Waals surface area contributed by atoms with Gasteiger partial charge >= 0.3 is 0 Å². The molecule has 0 fully saturated rings. The standard InChI is InChI=1S/C21H27NO2/c1-6-19(24-20-13-16(3)7-10-17(20)4)21(23)22(5)14-18-11-8-15(2)9-12-18/h7-13,19H,6,14H2,1-5H3/t19-/m1/s1. The first-order valence-corrected chi connectivity index (χ1v) is 8.45. The Bertz CT molecular complexity index is 691. The lowest BCUT2D eigenvalue weighted by Gasteiger charge is -2.24. The van der Waals surface area contributed by atoms with Gasteiger partial charge in [-0.05, 0) is 49.9 Å². The van der Waals surface area contributed by atoms with Gasteiger partial charge in [-0.25, -0.2) is 0 Å². The lowest BCUT2D eigenvalue weighted by Crippen LogP contribution is -2.39. The molecule has 0 saturated carbocycles. The van der Waals surface area contributed by atoms with Crippen molar-refractivity contribution in [1.29, 1.82) is 0 Å². The summed E-state index contributed by atoms with van der Waals surface area (Å²) in [7, 11) is 1.83. The van der Waals surface area contributed by atoms with Crippen LogP contribution in [0.4, 0.5) is 0 Å². The number of hydrogen-bond donors (Lipinski definition) is 0. The van der Waals surface area contributed by atoms with E-state index in [9.17, 15) is 4.79 Å². The first-order valence-electron chi connectivity index (χ1n) is 8.45. The van der Waals surface area contributed by atoms with E-state index in [2.05, 4.69) is 37.3 Å². The molecule has 2 aromatic carbocycles. The zero-order valence-electron chi connectivity index (χ0n) is 15.3. The lowest BCUT2D eigenvalue weighted by molar-refractivity contribution is -0.138. The largest absolute Gasteiger partial charge is 0.480 e. The molecule has 0 heterocycles. The average molecular weight is 325 g/mol. The van der Waals surface area contributed by atoms with E-state index in [-0.39, 0.29) is 5.91 Å². The van der Waals surface area contributed by atoms with Crippen LogP contribution in [0.1, 0.15) is 35.6 Å². The van der Waals surface area contributed by atoms with Crippen molar-refractivity contribution in [2.24, 2.45) is 0 Å². The predicted octanol–water partition coefficient (Wildman–Crippen LogP) is 4.43. The summed E-state index contributed by atoms with van der Waals surface area (Å²) in [5.41, 5.74) is 4.52. The van der Waals surface area contributed by atoms with Crippen LogP contribution in [0.3, 0.4) is 0 Å². The molecule has 128 valence electrons. The number of benzene rings is 2. The number of hydrogen-bond acceptors (Lipinski definition) is 2. The molecule has 0 saturated heterocycles. The van der Waals surface area contributed by atoms with Gasteiger partial charge in [-0.3, -0.25) is 4.79 Å². The summed E-state index contributed by atoms with van der Waals surface area (Å²) >= 11 is 0. The summed E-state index contributed by atoms with van der Waals surface area (Å²) in [6.07, 6.45) is 0.186. The van der Waals surface area contributed by atoms with Crippen LogP contribution in [-0.4, -0.2) is 24.0 Å². The summed E-state index contributed by atoms with van der Waals surface area (Å²) in [6, 6.07) is 14.3. The topological polar surface area (TPSA) is 29.5 Å². The quantitative estimate of drug-likeness (QED) is 0.786. The molecule has 0 unspecified atom stereocenters. The monoisotopic (exact) mass is 325 g/mol. The van der Waals surface area contributed by atoms with E-state index in [0.717, 1.165) is 22.4 Å². The van der Waals surface area contributed by atoms with Gasteiger partial charge in [-0.1, -0.05) is 48.9 Å². The minimum absolute atomic E-state index is 0.0129. The Morgan fingerprint density at radius 3 is 2.29 bits per heavy atom. The fraction of sp³-hybridized carbons (Fsp3) is 0.381. The maximum absolute atomic E-state index is 12.7. The average Bonchev–Trinajstić information content (AvgIpc) is 2.57. The van der Waals surface area contributed by atoms with Crippen LogP contribution < -0.4 is 4.74 Å². The number of ether oxygens (including phenoxy) is 1. The Hall–Kier alpha value is -2.29. The molecule has 0 aliphatic rings. The van der Waals surface area contributed by atoms with E-state index in [4.69, 9.17) is 4.74 Å². The van der Waals surface area contributed by atoms with Gasteiger partial charge in [0.2, 0.25) is 0 Å². The first kappa shape index (κ1) is 18.1. The van der Waals surface area contributed by atoms with Crippen molar-refractivity contribution in [2.45, 2.75) is 46.8 Å². The van der Waals surface area contributed by atoms with Gasteiger partial charge in [0, 0.05) is 13.6 Å². The van der Waals surface area contributed by atoms with Gasteiger partial charge in [0.05, 0.1) is 0 Å². The van der Waals surface area contributed by atoms with Crippen LogP contribution >= 0.6 is 0 Å². The van der Waals surface area contributed by atoms with Crippen molar-refractivity contribution in [3.8, 4) is 5.75 Å². The third kappa shape index (κ3) is 4.60. The molecule has 0 bridgehead atoms. The SMILES string of the molecule is CC[C@@H](Oc1cc(C)ccc1C)C(=O)N(C)Cc1ccc(C)cc1. The summed E-state index contributed by atoms with van der Waals surface area (Å²) in [5, 5.41) is 0. The number of amides is 1. The van der Waals surface area contributed by atoms with Gasteiger partial charge in [0.15, 0.2) is 6.10 Å². The molecular weight excluding hydrogens is 298 g/mol. The second-order valence-electron chi connectivity index (χ2n) is 6.46. The Labute approximate surface area is 145 Å². The third-order valence-corrected chi connectivity index (χ3v) is 4.18. The number of aryl methyl sites for hydroxylation is 3. The van der Waals surface area contributed by atoms with Crippen molar-refractivity contribution in [3.05, 3.63) is 64.7 Å². The van der Waals surface area contributed by atoms with Crippen molar-refractivity contribution < 1.29 is 9.53 Å². The van der Waals surface area contributed by atoms with E-state index < -0.39 is 6.10 Å².